The van der Waals surface area contributed by atoms with Gasteiger partial charge in [0, 0.05) is 32.4 Å². The highest BCUT2D eigenvalue weighted by molar-refractivity contribution is 5.79. The van der Waals surface area contributed by atoms with Crippen molar-refractivity contribution in [3.8, 4) is 11.6 Å². The summed E-state index contributed by atoms with van der Waals surface area (Å²) < 4.78 is 11.2. The first kappa shape index (κ1) is 19.0. The molecule has 1 aromatic heterocycles. The van der Waals surface area contributed by atoms with Gasteiger partial charge in [-0.15, -0.1) is 0 Å². The molecule has 0 atom stereocenters. The van der Waals surface area contributed by atoms with E-state index >= 15 is 0 Å². The Morgan fingerprint density at radius 1 is 1.07 bits per heavy atom. The Morgan fingerprint density at radius 3 is 2.44 bits per heavy atom. The summed E-state index contributed by atoms with van der Waals surface area (Å²) in [5, 5.41) is 6.65. The van der Waals surface area contributed by atoms with Crippen LogP contribution < -0.4 is 20.1 Å². The summed E-state index contributed by atoms with van der Waals surface area (Å²) in [4.78, 5) is 8.61. The first-order chi connectivity index (χ1) is 13.3. The van der Waals surface area contributed by atoms with Gasteiger partial charge in [0.1, 0.15) is 11.9 Å². The molecule has 27 heavy (non-hydrogen) atoms. The Hall–Kier alpha value is -2.76. The third-order valence-electron chi connectivity index (χ3n) is 4.69. The molecule has 0 unspecified atom stereocenters. The predicted octanol–water partition coefficient (Wildman–Crippen LogP) is 3.28. The van der Waals surface area contributed by atoms with Crippen molar-refractivity contribution in [2.45, 2.75) is 44.9 Å². The van der Waals surface area contributed by atoms with Crippen molar-refractivity contribution >= 4 is 5.96 Å². The molecule has 6 heteroatoms. The van der Waals surface area contributed by atoms with Gasteiger partial charge in [0.25, 0.3) is 0 Å². The van der Waals surface area contributed by atoms with E-state index in [2.05, 4.69) is 20.6 Å². The van der Waals surface area contributed by atoms with Crippen molar-refractivity contribution in [1.29, 1.82) is 0 Å². The second-order valence-electron chi connectivity index (χ2n) is 6.65. The maximum Gasteiger partial charge on any atom is 0.213 e. The number of hydrogen-bond donors (Lipinski definition) is 2. The van der Waals surface area contributed by atoms with E-state index in [1.54, 1.807) is 20.4 Å². The monoisotopic (exact) mass is 368 g/mol. The molecule has 1 aliphatic carbocycles. The first-order valence-electron chi connectivity index (χ1n) is 9.46. The van der Waals surface area contributed by atoms with Crippen LogP contribution in [0, 0.1) is 0 Å². The van der Waals surface area contributed by atoms with Gasteiger partial charge in [0.05, 0.1) is 7.11 Å². The van der Waals surface area contributed by atoms with E-state index in [9.17, 15) is 0 Å². The maximum atomic E-state index is 5.98. The highest BCUT2D eigenvalue weighted by atomic mass is 16.5. The Bertz CT molecular complexity index is 740. The standard InChI is InChI=1S/C21H28N4O2/c1-22-21(24-14-16-7-9-18(26-2)10-8-16)25-15-17-11-12-23-20(13-17)27-19-5-3-4-6-19/h7-13,19H,3-6,14-15H2,1-2H3,(H2,22,24,25). The molecule has 1 saturated carbocycles. The lowest BCUT2D eigenvalue weighted by molar-refractivity contribution is 0.201. The lowest BCUT2D eigenvalue weighted by atomic mass is 10.2. The average Bonchev–Trinajstić information content (AvgIpc) is 3.22. The SMILES string of the molecule is CN=C(NCc1ccc(OC)cc1)NCc1ccnc(OC2CCCC2)c1. The number of guanidine groups is 1. The van der Waals surface area contributed by atoms with Gasteiger partial charge in [-0.1, -0.05) is 12.1 Å². The third kappa shape index (κ3) is 5.88. The maximum absolute atomic E-state index is 5.98. The summed E-state index contributed by atoms with van der Waals surface area (Å²) in [7, 11) is 3.44. The first-order valence-corrected chi connectivity index (χ1v) is 9.46. The molecule has 2 N–H and O–H groups in total. The second kappa shape index (κ2) is 9.80. The molecule has 0 saturated heterocycles. The Morgan fingerprint density at radius 2 is 1.78 bits per heavy atom. The number of methoxy groups -OCH3 is 1. The molecule has 0 spiro atoms. The summed E-state index contributed by atoms with van der Waals surface area (Å²) in [5.41, 5.74) is 2.28. The molecule has 3 rings (SSSR count). The molecule has 0 radical (unpaired) electrons. The molecule has 1 heterocycles. The molecule has 1 aliphatic rings. The molecule has 144 valence electrons. The smallest absolute Gasteiger partial charge is 0.213 e. The van der Waals surface area contributed by atoms with E-state index < -0.39 is 0 Å². The normalized spacial score (nSPS) is 14.8. The third-order valence-corrected chi connectivity index (χ3v) is 4.69. The molecule has 6 nitrogen and oxygen atoms in total. The molecule has 1 aromatic carbocycles. The van der Waals surface area contributed by atoms with E-state index in [-0.39, 0.29) is 0 Å². The molecular weight excluding hydrogens is 340 g/mol. The van der Waals surface area contributed by atoms with E-state index in [0.717, 1.165) is 35.7 Å². The zero-order chi connectivity index (χ0) is 18.9. The minimum absolute atomic E-state index is 0.319. The van der Waals surface area contributed by atoms with Crippen molar-refractivity contribution in [1.82, 2.24) is 15.6 Å². The number of benzene rings is 1. The largest absolute Gasteiger partial charge is 0.497 e. The fourth-order valence-electron chi connectivity index (χ4n) is 3.14. The number of hydrogen-bond acceptors (Lipinski definition) is 4. The molecule has 0 aliphatic heterocycles. The Labute approximate surface area is 161 Å². The summed E-state index contributed by atoms with van der Waals surface area (Å²) in [5.74, 6) is 2.32. The average molecular weight is 368 g/mol. The van der Waals surface area contributed by atoms with Crippen LogP contribution in [0.25, 0.3) is 0 Å². The van der Waals surface area contributed by atoms with Crippen LogP contribution in [0.15, 0.2) is 47.6 Å². The highest BCUT2D eigenvalue weighted by Gasteiger charge is 2.17. The second-order valence-corrected chi connectivity index (χ2v) is 6.65. The van der Waals surface area contributed by atoms with Crippen LogP contribution >= 0.6 is 0 Å². The summed E-state index contributed by atoms with van der Waals surface area (Å²) in [6.07, 6.45) is 6.89. The van der Waals surface area contributed by atoms with Crippen molar-refractivity contribution in [3.05, 3.63) is 53.7 Å². The Balaban J connectivity index is 1.48. The van der Waals surface area contributed by atoms with Gasteiger partial charge in [-0.25, -0.2) is 4.98 Å². The van der Waals surface area contributed by atoms with Gasteiger partial charge in [0.15, 0.2) is 5.96 Å². The number of nitrogens with one attached hydrogen (secondary N) is 2. The quantitative estimate of drug-likeness (QED) is 0.580. The fourth-order valence-corrected chi connectivity index (χ4v) is 3.14. The number of ether oxygens (including phenoxy) is 2. The molecule has 0 amide bonds. The van der Waals surface area contributed by atoms with Crippen LogP contribution in [0.1, 0.15) is 36.8 Å². The van der Waals surface area contributed by atoms with Crippen LogP contribution in [0.3, 0.4) is 0 Å². The fraction of sp³-hybridized carbons (Fsp3) is 0.429. The van der Waals surface area contributed by atoms with Crippen molar-refractivity contribution < 1.29 is 9.47 Å². The number of pyridine rings is 1. The summed E-state index contributed by atoms with van der Waals surface area (Å²) in [6.45, 7) is 1.35. The van der Waals surface area contributed by atoms with Crippen molar-refractivity contribution in [3.63, 3.8) is 0 Å². The zero-order valence-corrected chi connectivity index (χ0v) is 16.1. The predicted molar refractivity (Wildman–Crippen MR) is 107 cm³/mol. The van der Waals surface area contributed by atoms with Gasteiger partial charge in [-0.3, -0.25) is 4.99 Å². The van der Waals surface area contributed by atoms with E-state index in [0.29, 0.717) is 25.1 Å². The molecule has 1 fully saturated rings. The van der Waals surface area contributed by atoms with E-state index in [1.165, 1.54) is 12.8 Å². The van der Waals surface area contributed by atoms with Gasteiger partial charge >= 0.3 is 0 Å². The lowest BCUT2D eigenvalue weighted by Gasteiger charge is -2.14. The number of aromatic nitrogens is 1. The molecule has 2 aromatic rings. The van der Waals surface area contributed by atoms with Crippen LogP contribution in [0.2, 0.25) is 0 Å². The van der Waals surface area contributed by atoms with E-state index in [1.807, 2.05) is 36.4 Å². The lowest BCUT2D eigenvalue weighted by Crippen LogP contribution is -2.36. The minimum atomic E-state index is 0.319. The van der Waals surface area contributed by atoms with E-state index in [4.69, 9.17) is 9.47 Å². The highest BCUT2D eigenvalue weighted by Crippen LogP contribution is 2.23. The van der Waals surface area contributed by atoms with Crippen molar-refractivity contribution in [2.75, 3.05) is 14.2 Å². The van der Waals surface area contributed by atoms with Gasteiger partial charge in [-0.05, 0) is 55.0 Å². The molecule has 0 bridgehead atoms. The zero-order valence-electron chi connectivity index (χ0n) is 16.1. The topological polar surface area (TPSA) is 67.8 Å². The van der Waals surface area contributed by atoms with Gasteiger partial charge in [-0.2, -0.15) is 0 Å². The minimum Gasteiger partial charge on any atom is -0.497 e. The number of nitrogens with zero attached hydrogens (tertiary/aromatic N) is 2. The molecular formula is C21H28N4O2. The van der Waals surface area contributed by atoms with Crippen LogP contribution in [0.4, 0.5) is 0 Å². The summed E-state index contributed by atoms with van der Waals surface area (Å²) >= 11 is 0. The van der Waals surface area contributed by atoms with Crippen molar-refractivity contribution in [2.24, 2.45) is 4.99 Å². The Kier molecular flexibility index (Phi) is 6.90. The summed E-state index contributed by atoms with van der Waals surface area (Å²) in [6, 6.07) is 12.0. The van der Waals surface area contributed by atoms with Crippen LogP contribution in [-0.4, -0.2) is 31.2 Å². The van der Waals surface area contributed by atoms with Crippen LogP contribution in [0.5, 0.6) is 11.6 Å². The van der Waals surface area contributed by atoms with Gasteiger partial charge < -0.3 is 20.1 Å². The number of aliphatic imine (C=N–C) groups is 1. The van der Waals surface area contributed by atoms with Crippen LogP contribution in [-0.2, 0) is 13.1 Å². The van der Waals surface area contributed by atoms with Gasteiger partial charge in [0.2, 0.25) is 5.88 Å². The number of rotatable bonds is 7.